The summed E-state index contributed by atoms with van der Waals surface area (Å²) in [4.78, 5) is 0. The average molecular weight is 248 g/mol. The highest BCUT2D eigenvalue weighted by molar-refractivity contribution is 7.07. The average Bonchev–Trinajstić information content (AvgIpc) is 2.82. The van der Waals surface area contributed by atoms with Crippen LogP contribution >= 0.6 is 11.3 Å². The predicted octanol–water partition coefficient (Wildman–Crippen LogP) is 2.82. The van der Waals surface area contributed by atoms with Crippen molar-refractivity contribution in [1.29, 1.82) is 0 Å². The molecule has 0 saturated heterocycles. The van der Waals surface area contributed by atoms with Gasteiger partial charge in [0, 0.05) is 5.56 Å². The van der Waals surface area contributed by atoms with Gasteiger partial charge >= 0.3 is 0 Å². The van der Waals surface area contributed by atoms with E-state index >= 15 is 0 Å². The lowest BCUT2D eigenvalue weighted by Gasteiger charge is -2.12. The molecule has 0 aliphatic rings. The van der Waals surface area contributed by atoms with Crippen LogP contribution in [0.3, 0.4) is 0 Å². The number of hydrogen-bond acceptors (Lipinski definition) is 4. The van der Waals surface area contributed by atoms with Gasteiger partial charge in [0.05, 0.1) is 17.5 Å². The fourth-order valence-electron chi connectivity index (χ4n) is 1.80. The molecule has 0 spiro atoms. The lowest BCUT2D eigenvalue weighted by molar-refractivity contribution is 0.166. The Morgan fingerprint density at radius 3 is 2.88 bits per heavy atom. The second-order valence-corrected chi connectivity index (χ2v) is 4.99. The van der Waals surface area contributed by atoms with Crippen molar-refractivity contribution in [2.24, 2.45) is 0 Å². The van der Waals surface area contributed by atoms with E-state index in [4.69, 9.17) is 0 Å². The number of hydrogen-bond donors (Lipinski definition) is 1. The zero-order valence-electron chi connectivity index (χ0n) is 10.1. The Bertz CT molecular complexity index is 482. The zero-order chi connectivity index (χ0) is 12.3. The quantitative estimate of drug-likeness (QED) is 0.905. The molecule has 90 valence electrons. The third kappa shape index (κ3) is 3.11. The van der Waals surface area contributed by atoms with Crippen LogP contribution in [0.5, 0.6) is 0 Å². The minimum atomic E-state index is -0.455. The molecule has 0 saturated carbocycles. The van der Waals surface area contributed by atoms with E-state index in [9.17, 15) is 5.11 Å². The number of rotatable bonds is 4. The fourth-order valence-corrected chi connectivity index (χ4v) is 2.50. The first kappa shape index (κ1) is 12.2. The van der Waals surface area contributed by atoms with Crippen LogP contribution in [0.2, 0.25) is 0 Å². The minimum Gasteiger partial charge on any atom is -0.388 e. The summed E-state index contributed by atoms with van der Waals surface area (Å²) in [7, 11) is 0. The molecule has 0 aromatic carbocycles. The molecule has 17 heavy (non-hydrogen) atoms. The highest BCUT2D eigenvalue weighted by Crippen LogP contribution is 2.22. The monoisotopic (exact) mass is 248 g/mol. The van der Waals surface area contributed by atoms with E-state index in [0.29, 0.717) is 0 Å². The molecule has 4 heteroatoms. The summed E-state index contributed by atoms with van der Waals surface area (Å²) in [6.07, 6.45) is 1.16. The summed E-state index contributed by atoms with van der Waals surface area (Å²) in [6, 6.07) is 4.01. The maximum absolute atomic E-state index is 10.2. The smallest absolute Gasteiger partial charge is 0.0812 e. The van der Waals surface area contributed by atoms with Gasteiger partial charge in [-0.2, -0.15) is 21.5 Å². The molecule has 0 amide bonds. The molecular formula is C13H16N2OS. The Hall–Kier alpha value is -1.26. The van der Waals surface area contributed by atoms with Crippen molar-refractivity contribution in [2.75, 3.05) is 0 Å². The lowest BCUT2D eigenvalue weighted by Crippen LogP contribution is -2.05. The SMILES string of the molecule is Cc1cc(C(O)CCc2ccsc2)c(C)nn1. The zero-order valence-corrected chi connectivity index (χ0v) is 10.9. The van der Waals surface area contributed by atoms with E-state index in [-0.39, 0.29) is 0 Å². The van der Waals surface area contributed by atoms with Crippen molar-refractivity contribution in [3.63, 3.8) is 0 Å². The third-order valence-electron chi connectivity index (χ3n) is 2.79. The van der Waals surface area contributed by atoms with E-state index in [0.717, 1.165) is 29.8 Å². The third-order valence-corrected chi connectivity index (χ3v) is 3.52. The van der Waals surface area contributed by atoms with Crippen molar-refractivity contribution < 1.29 is 5.11 Å². The van der Waals surface area contributed by atoms with E-state index in [1.807, 2.05) is 19.9 Å². The molecule has 0 aliphatic carbocycles. The number of thiophene rings is 1. The molecule has 2 aromatic heterocycles. The van der Waals surface area contributed by atoms with Gasteiger partial charge in [0.15, 0.2) is 0 Å². The summed E-state index contributed by atoms with van der Waals surface area (Å²) in [6.45, 7) is 3.77. The van der Waals surface area contributed by atoms with Gasteiger partial charge in [0.25, 0.3) is 0 Å². The largest absolute Gasteiger partial charge is 0.388 e. The van der Waals surface area contributed by atoms with E-state index in [2.05, 4.69) is 27.0 Å². The summed E-state index contributed by atoms with van der Waals surface area (Å²) in [5.41, 5.74) is 3.84. The first-order valence-electron chi connectivity index (χ1n) is 5.67. The van der Waals surface area contributed by atoms with Gasteiger partial charge in [-0.05, 0) is 55.1 Å². The van der Waals surface area contributed by atoms with Crippen LogP contribution in [0.1, 0.15) is 35.0 Å². The van der Waals surface area contributed by atoms with E-state index < -0.39 is 6.10 Å². The Balaban J connectivity index is 2.04. The van der Waals surface area contributed by atoms with Crippen molar-refractivity contribution in [3.05, 3.63) is 45.4 Å². The number of aromatic nitrogens is 2. The second kappa shape index (κ2) is 5.38. The standard InChI is InChI=1S/C13H16N2OS/c1-9-7-12(10(2)15-14-9)13(16)4-3-11-5-6-17-8-11/h5-8,13,16H,3-4H2,1-2H3. The van der Waals surface area contributed by atoms with Crippen LogP contribution in [-0.2, 0) is 6.42 Å². The van der Waals surface area contributed by atoms with Gasteiger partial charge < -0.3 is 5.11 Å². The number of nitrogens with zero attached hydrogens (tertiary/aromatic N) is 2. The summed E-state index contributed by atoms with van der Waals surface area (Å²) in [5, 5.41) is 22.4. The topological polar surface area (TPSA) is 46.0 Å². The number of aliphatic hydroxyl groups is 1. The molecule has 1 N–H and O–H groups in total. The molecule has 0 aliphatic heterocycles. The predicted molar refractivity (Wildman–Crippen MR) is 69.1 cm³/mol. The maximum Gasteiger partial charge on any atom is 0.0812 e. The van der Waals surface area contributed by atoms with Crippen molar-refractivity contribution in [1.82, 2.24) is 10.2 Å². The molecular weight excluding hydrogens is 232 g/mol. The van der Waals surface area contributed by atoms with Crippen LogP contribution in [0.15, 0.2) is 22.9 Å². The summed E-state index contributed by atoms with van der Waals surface area (Å²) < 4.78 is 0. The number of aryl methyl sites for hydroxylation is 3. The van der Waals surface area contributed by atoms with Gasteiger partial charge in [-0.3, -0.25) is 0 Å². The number of aliphatic hydroxyl groups excluding tert-OH is 1. The van der Waals surface area contributed by atoms with Crippen molar-refractivity contribution in [2.45, 2.75) is 32.8 Å². The molecule has 1 unspecified atom stereocenters. The maximum atomic E-state index is 10.2. The summed E-state index contributed by atoms with van der Waals surface area (Å²) in [5.74, 6) is 0. The first-order chi connectivity index (χ1) is 8.16. The summed E-state index contributed by atoms with van der Waals surface area (Å²) >= 11 is 1.69. The Morgan fingerprint density at radius 1 is 1.35 bits per heavy atom. The second-order valence-electron chi connectivity index (χ2n) is 4.21. The highest BCUT2D eigenvalue weighted by atomic mass is 32.1. The van der Waals surface area contributed by atoms with Gasteiger partial charge in [-0.25, -0.2) is 0 Å². The van der Waals surface area contributed by atoms with Gasteiger partial charge in [-0.15, -0.1) is 0 Å². The Labute approximate surface area is 105 Å². The highest BCUT2D eigenvalue weighted by Gasteiger charge is 2.12. The molecule has 3 nitrogen and oxygen atoms in total. The lowest BCUT2D eigenvalue weighted by atomic mass is 10.0. The van der Waals surface area contributed by atoms with Crippen LogP contribution in [0, 0.1) is 13.8 Å². The van der Waals surface area contributed by atoms with Gasteiger partial charge in [-0.1, -0.05) is 0 Å². The first-order valence-corrected chi connectivity index (χ1v) is 6.61. The van der Waals surface area contributed by atoms with E-state index in [1.165, 1.54) is 5.56 Å². The molecule has 1 atom stereocenters. The van der Waals surface area contributed by atoms with Crippen molar-refractivity contribution in [3.8, 4) is 0 Å². The molecule has 2 aromatic rings. The van der Waals surface area contributed by atoms with Crippen LogP contribution < -0.4 is 0 Å². The molecule has 0 radical (unpaired) electrons. The fraction of sp³-hybridized carbons (Fsp3) is 0.385. The van der Waals surface area contributed by atoms with Crippen LogP contribution in [0.25, 0.3) is 0 Å². The Kier molecular flexibility index (Phi) is 3.86. The molecule has 2 rings (SSSR count). The van der Waals surface area contributed by atoms with E-state index in [1.54, 1.807) is 11.3 Å². The minimum absolute atomic E-state index is 0.455. The van der Waals surface area contributed by atoms with Crippen molar-refractivity contribution >= 4 is 11.3 Å². The molecule has 0 bridgehead atoms. The molecule has 2 heterocycles. The van der Waals surface area contributed by atoms with Gasteiger partial charge in [0.2, 0.25) is 0 Å². The Morgan fingerprint density at radius 2 is 2.18 bits per heavy atom. The molecule has 0 fully saturated rings. The van der Waals surface area contributed by atoms with Crippen LogP contribution in [-0.4, -0.2) is 15.3 Å². The van der Waals surface area contributed by atoms with Crippen LogP contribution in [0.4, 0.5) is 0 Å². The normalized spacial score (nSPS) is 12.6. The van der Waals surface area contributed by atoms with Gasteiger partial charge in [0.1, 0.15) is 0 Å².